The monoisotopic (exact) mass is 251 g/mol. The molecule has 0 aliphatic rings. The van der Waals surface area contributed by atoms with Crippen molar-refractivity contribution in [3.05, 3.63) is 22.1 Å². The first-order chi connectivity index (χ1) is 8.17. The molecule has 0 atom stereocenters. The van der Waals surface area contributed by atoms with Crippen LogP contribution in [0.2, 0.25) is 0 Å². The Morgan fingerprint density at radius 1 is 1.35 bits per heavy atom. The van der Waals surface area contributed by atoms with Crippen LogP contribution in [0.4, 0.5) is 17.6 Å². The average Bonchev–Trinajstić information content (AvgIpc) is 2.72. The molecule has 0 saturated carbocycles. The molecule has 8 heteroatoms. The number of aryl methyl sites for hydroxylation is 1. The van der Waals surface area contributed by atoms with E-state index in [0.29, 0.717) is 18.2 Å². The van der Waals surface area contributed by atoms with E-state index in [4.69, 9.17) is 11.6 Å². The van der Waals surface area contributed by atoms with Crippen LogP contribution in [0.5, 0.6) is 0 Å². The van der Waals surface area contributed by atoms with E-state index in [9.17, 15) is 0 Å². The van der Waals surface area contributed by atoms with Gasteiger partial charge in [0.2, 0.25) is 5.95 Å². The number of aromatic nitrogens is 3. The summed E-state index contributed by atoms with van der Waals surface area (Å²) in [5.74, 6) is 6.51. The van der Waals surface area contributed by atoms with Gasteiger partial charge in [-0.05, 0) is 6.92 Å². The molecule has 2 aromatic rings. The number of thiazole rings is 1. The molecule has 7 nitrogen and oxygen atoms in total. The summed E-state index contributed by atoms with van der Waals surface area (Å²) in [5.41, 5.74) is 7.96. The molecule has 0 fully saturated rings. The van der Waals surface area contributed by atoms with Crippen LogP contribution in [0.1, 0.15) is 9.88 Å². The number of nitrogen functional groups attached to an aromatic ring is 2. The second kappa shape index (κ2) is 4.93. The van der Waals surface area contributed by atoms with E-state index in [2.05, 4.69) is 25.7 Å². The van der Waals surface area contributed by atoms with Crippen LogP contribution >= 0.6 is 11.3 Å². The third-order valence-corrected chi connectivity index (χ3v) is 2.89. The zero-order valence-corrected chi connectivity index (χ0v) is 10.1. The lowest BCUT2D eigenvalue weighted by Gasteiger charge is -2.06. The Labute approximate surface area is 102 Å². The summed E-state index contributed by atoms with van der Waals surface area (Å²) < 4.78 is 0. The third-order valence-electron chi connectivity index (χ3n) is 1.98. The Morgan fingerprint density at radius 2 is 2.12 bits per heavy atom. The van der Waals surface area contributed by atoms with Crippen LogP contribution < -0.4 is 22.3 Å². The van der Waals surface area contributed by atoms with Crippen molar-refractivity contribution < 1.29 is 0 Å². The van der Waals surface area contributed by atoms with E-state index >= 15 is 0 Å². The van der Waals surface area contributed by atoms with Gasteiger partial charge < -0.3 is 16.5 Å². The molecule has 0 saturated heterocycles. The van der Waals surface area contributed by atoms with Gasteiger partial charge in [-0.3, -0.25) is 0 Å². The number of hydrazine groups is 1. The van der Waals surface area contributed by atoms with Gasteiger partial charge in [0.25, 0.3) is 0 Å². The minimum absolute atomic E-state index is 0.165. The normalized spacial score (nSPS) is 10.2. The number of nitrogens with two attached hydrogens (primary N) is 2. The number of hydrogen-bond acceptors (Lipinski definition) is 8. The molecule has 2 heterocycles. The van der Waals surface area contributed by atoms with Gasteiger partial charge in [-0.25, -0.2) is 10.8 Å². The van der Waals surface area contributed by atoms with Crippen molar-refractivity contribution in [1.29, 1.82) is 0 Å². The minimum Gasteiger partial charge on any atom is -0.368 e. The SMILES string of the molecule is Cc1cnc(CNc2cc(NN)nc(N)n2)s1. The highest BCUT2D eigenvalue weighted by molar-refractivity contribution is 7.11. The molecule has 2 aromatic heterocycles. The molecule has 0 aliphatic heterocycles. The fraction of sp³-hybridized carbons (Fsp3) is 0.222. The van der Waals surface area contributed by atoms with E-state index in [1.54, 1.807) is 17.4 Å². The lowest BCUT2D eigenvalue weighted by atomic mass is 10.5. The van der Waals surface area contributed by atoms with E-state index in [1.807, 2.05) is 13.1 Å². The topological polar surface area (TPSA) is 115 Å². The van der Waals surface area contributed by atoms with Gasteiger partial charge in [-0.15, -0.1) is 11.3 Å². The predicted octanol–water partition coefficient (Wildman–Crippen LogP) is 0.721. The number of nitrogens with zero attached hydrogens (tertiary/aromatic N) is 3. The van der Waals surface area contributed by atoms with Gasteiger partial charge in [0.05, 0.1) is 6.54 Å². The number of rotatable bonds is 4. The molecule has 6 N–H and O–H groups in total. The Kier molecular flexibility index (Phi) is 3.35. The van der Waals surface area contributed by atoms with Crippen molar-refractivity contribution in [2.24, 2.45) is 5.84 Å². The molecule has 0 spiro atoms. The van der Waals surface area contributed by atoms with E-state index in [-0.39, 0.29) is 5.95 Å². The zero-order valence-electron chi connectivity index (χ0n) is 9.27. The molecule has 0 aliphatic carbocycles. The van der Waals surface area contributed by atoms with Crippen LogP contribution in [0, 0.1) is 6.92 Å². The lowest BCUT2D eigenvalue weighted by Crippen LogP contribution is -2.12. The molecule has 17 heavy (non-hydrogen) atoms. The van der Waals surface area contributed by atoms with Gasteiger partial charge in [-0.1, -0.05) is 0 Å². The summed E-state index contributed by atoms with van der Waals surface area (Å²) >= 11 is 1.63. The van der Waals surface area contributed by atoms with Gasteiger partial charge in [0, 0.05) is 17.1 Å². The quantitative estimate of drug-likeness (QED) is 0.467. The van der Waals surface area contributed by atoms with Crippen molar-refractivity contribution >= 4 is 28.9 Å². The lowest BCUT2D eigenvalue weighted by molar-refractivity contribution is 1.06. The number of anilines is 3. The van der Waals surface area contributed by atoms with Crippen LogP contribution in [0.25, 0.3) is 0 Å². The van der Waals surface area contributed by atoms with Crippen LogP contribution in [0.15, 0.2) is 12.3 Å². The van der Waals surface area contributed by atoms with Crippen molar-refractivity contribution in [2.45, 2.75) is 13.5 Å². The molecule has 0 amide bonds. The van der Waals surface area contributed by atoms with Gasteiger partial charge in [0.15, 0.2) is 0 Å². The van der Waals surface area contributed by atoms with Crippen LogP contribution in [0.3, 0.4) is 0 Å². The molecule has 2 rings (SSSR count). The van der Waals surface area contributed by atoms with Gasteiger partial charge in [0.1, 0.15) is 16.6 Å². The fourth-order valence-electron chi connectivity index (χ4n) is 1.28. The second-order valence-corrected chi connectivity index (χ2v) is 4.68. The largest absolute Gasteiger partial charge is 0.368 e. The first kappa shape index (κ1) is 11.6. The van der Waals surface area contributed by atoms with Crippen LogP contribution in [-0.2, 0) is 6.54 Å². The van der Waals surface area contributed by atoms with Crippen molar-refractivity contribution in [2.75, 3.05) is 16.5 Å². The smallest absolute Gasteiger partial charge is 0.223 e. The maximum absolute atomic E-state index is 5.54. The Bertz CT molecular complexity index is 510. The number of nitrogens with one attached hydrogen (secondary N) is 2. The highest BCUT2D eigenvalue weighted by atomic mass is 32.1. The molecular formula is C9H13N7S. The Morgan fingerprint density at radius 3 is 2.76 bits per heavy atom. The van der Waals surface area contributed by atoms with E-state index in [1.165, 1.54) is 4.88 Å². The summed E-state index contributed by atoms with van der Waals surface area (Å²) in [5, 5.41) is 4.10. The summed E-state index contributed by atoms with van der Waals surface area (Å²) in [4.78, 5) is 13.3. The van der Waals surface area contributed by atoms with Crippen molar-refractivity contribution in [1.82, 2.24) is 15.0 Å². The van der Waals surface area contributed by atoms with Gasteiger partial charge >= 0.3 is 0 Å². The summed E-state index contributed by atoms with van der Waals surface area (Å²) in [6, 6.07) is 1.68. The molecule has 0 radical (unpaired) electrons. The Balaban J connectivity index is 2.05. The third kappa shape index (κ3) is 3.02. The fourth-order valence-corrected chi connectivity index (χ4v) is 2.01. The standard InChI is InChI=1S/C9H13N7S/c1-5-3-13-8(17-5)4-12-6-2-7(16-11)15-9(10)14-6/h2-3H,4,11H2,1H3,(H4,10,12,14,15,16). The van der Waals surface area contributed by atoms with E-state index < -0.39 is 0 Å². The molecule has 90 valence electrons. The van der Waals surface area contributed by atoms with E-state index in [0.717, 1.165) is 5.01 Å². The first-order valence-corrected chi connectivity index (χ1v) is 5.75. The maximum atomic E-state index is 5.54. The molecule has 0 bridgehead atoms. The summed E-state index contributed by atoms with van der Waals surface area (Å²) in [6.07, 6.45) is 1.84. The number of hydrogen-bond donors (Lipinski definition) is 4. The molecular weight excluding hydrogens is 238 g/mol. The first-order valence-electron chi connectivity index (χ1n) is 4.93. The van der Waals surface area contributed by atoms with Crippen LogP contribution in [-0.4, -0.2) is 15.0 Å². The summed E-state index contributed by atoms with van der Waals surface area (Å²) in [7, 11) is 0. The second-order valence-electron chi connectivity index (χ2n) is 3.36. The molecule has 0 unspecified atom stereocenters. The van der Waals surface area contributed by atoms with Crippen molar-refractivity contribution in [3.8, 4) is 0 Å². The summed E-state index contributed by atoms with van der Waals surface area (Å²) in [6.45, 7) is 2.61. The molecule has 0 aromatic carbocycles. The highest BCUT2D eigenvalue weighted by Gasteiger charge is 2.03. The van der Waals surface area contributed by atoms with Gasteiger partial charge in [-0.2, -0.15) is 9.97 Å². The zero-order chi connectivity index (χ0) is 12.3. The highest BCUT2D eigenvalue weighted by Crippen LogP contribution is 2.15. The maximum Gasteiger partial charge on any atom is 0.223 e. The average molecular weight is 251 g/mol. The van der Waals surface area contributed by atoms with Crippen molar-refractivity contribution in [3.63, 3.8) is 0 Å². The Hall–Kier alpha value is -1.93. The minimum atomic E-state index is 0.165. The predicted molar refractivity (Wildman–Crippen MR) is 68.4 cm³/mol.